The molecule has 1 saturated carbocycles. The SMILES string of the molecule is COc1cc(C(=O)Nc2ccc(C3(NC(=O)c4cc5nc(C)ccc5o4)CCC3)cc2)c(F)c(OC)c1F. The van der Waals surface area contributed by atoms with E-state index in [1.165, 1.54) is 7.11 Å². The molecule has 0 aliphatic heterocycles. The minimum Gasteiger partial charge on any atom is -0.494 e. The van der Waals surface area contributed by atoms with E-state index < -0.39 is 34.4 Å². The zero-order chi connectivity index (χ0) is 27.0. The van der Waals surface area contributed by atoms with Crippen LogP contribution in [0, 0.1) is 18.6 Å². The summed E-state index contributed by atoms with van der Waals surface area (Å²) in [5, 5.41) is 5.70. The van der Waals surface area contributed by atoms with Gasteiger partial charge in [-0.05, 0) is 62.1 Å². The van der Waals surface area contributed by atoms with Crippen LogP contribution < -0.4 is 20.1 Å². The summed E-state index contributed by atoms with van der Waals surface area (Å²) in [5.74, 6) is -4.15. The van der Waals surface area contributed by atoms with Crippen molar-refractivity contribution in [2.24, 2.45) is 0 Å². The molecule has 4 aromatic rings. The van der Waals surface area contributed by atoms with E-state index in [2.05, 4.69) is 15.6 Å². The average Bonchev–Trinajstić information content (AvgIpc) is 3.30. The highest BCUT2D eigenvalue weighted by atomic mass is 19.1. The van der Waals surface area contributed by atoms with Gasteiger partial charge < -0.3 is 24.5 Å². The first-order valence-corrected chi connectivity index (χ1v) is 12.0. The van der Waals surface area contributed by atoms with Crippen molar-refractivity contribution >= 4 is 28.6 Å². The van der Waals surface area contributed by atoms with Gasteiger partial charge in [0.2, 0.25) is 5.82 Å². The predicted octanol–water partition coefficient (Wildman–Crippen LogP) is 5.49. The molecule has 2 amide bonds. The van der Waals surface area contributed by atoms with E-state index in [9.17, 15) is 18.4 Å². The molecule has 196 valence electrons. The number of anilines is 1. The zero-order valence-electron chi connectivity index (χ0n) is 21.0. The fourth-order valence-corrected chi connectivity index (χ4v) is 4.59. The van der Waals surface area contributed by atoms with Crippen LogP contribution >= 0.6 is 0 Å². The third kappa shape index (κ3) is 4.42. The number of fused-ring (bicyclic) bond motifs is 1. The molecule has 1 aliphatic rings. The quantitative estimate of drug-likeness (QED) is 0.333. The third-order valence-corrected chi connectivity index (χ3v) is 6.79. The van der Waals surface area contributed by atoms with E-state index in [1.54, 1.807) is 36.4 Å². The lowest BCUT2D eigenvalue weighted by atomic mass is 9.71. The van der Waals surface area contributed by atoms with Crippen LogP contribution in [-0.4, -0.2) is 31.0 Å². The lowest BCUT2D eigenvalue weighted by Crippen LogP contribution is -2.50. The first kappa shape index (κ1) is 25.2. The Hall–Kier alpha value is -4.47. The van der Waals surface area contributed by atoms with Crippen molar-refractivity contribution in [3.8, 4) is 11.5 Å². The molecule has 0 unspecified atom stereocenters. The van der Waals surface area contributed by atoms with Crippen molar-refractivity contribution in [3.63, 3.8) is 0 Å². The standard InChI is InChI=1S/C28H25F2N3O5/c1-15-5-10-20-19(31-15)14-22(38-20)27(35)33-28(11-4-12-28)16-6-8-17(9-7-16)32-26(34)18-13-21(36-2)24(30)25(37-3)23(18)29/h5-10,13-14H,4,11-12H2,1-3H3,(H,32,34)(H,33,35). The maximum atomic E-state index is 14.7. The number of nitrogens with one attached hydrogen (secondary N) is 2. The Labute approximate surface area is 217 Å². The van der Waals surface area contributed by atoms with Crippen molar-refractivity contribution in [1.82, 2.24) is 10.3 Å². The molecule has 0 saturated heterocycles. The van der Waals surface area contributed by atoms with Crippen LogP contribution in [0.3, 0.4) is 0 Å². The monoisotopic (exact) mass is 521 g/mol. The van der Waals surface area contributed by atoms with Gasteiger partial charge in [-0.25, -0.2) is 9.37 Å². The van der Waals surface area contributed by atoms with Crippen LogP contribution in [0.15, 0.2) is 52.9 Å². The summed E-state index contributed by atoms with van der Waals surface area (Å²) < 4.78 is 44.3. The van der Waals surface area contributed by atoms with Gasteiger partial charge in [0.05, 0.1) is 25.3 Å². The number of amides is 2. The normalized spacial score (nSPS) is 14.0. The Kier molecular flexibility index (Phi) is 6.48. The van der Waals surface area contributed by atoms with Crippen LogP contribution in [0.4, 0.5) is 14.5 Å². The number of furan rings is 1. The Morgan fingerprint density at radius 1 is 0.974 bits per heavy atom. The van der Waals surface area contributed by atoms with Crippen molar-refractivity contribution in [2.75, 3.05) is 19.5 Å². The fraction of sp³-hybridized carbons (Fsp3) is 0.250. The van der Waals surface area contributed by atoms with Crippen molar-refractivity contribution in [1.29, 1.82) is 0 Å². The predicted molar refractivity (Wildman–Crippen MR) is 136 cm³/mol. The van der Waals surface area contributed by atoms with Crippen molar-refractivity contribution in [3.05, 3.63) is 82.7 Å². The summed E-state index contributed by atoms with van der Waals surface area (Å²) in [6.45, 7) is 1.87. The van der Waals surface area contributed by atoms with E-state index in [1.807, 2.05) is 13.0 Å². The highest BCUT2D eigenvalue weighted by Gasteiger charge is 2.40. The summed E-state index contributed by atoms with van der Waals surface area (Å²) in [6.07, 6.45) is 2.41. The van der Waals surface area contributed by atoms with Crippen LogP contribution in [-0.2, 0) is 5.54 Å². The number of pyridine rings is 1. The lowest BCUT2D eigenvalue weighted by molar-refractivity contribution is 0.0796. The van der Waals surface area contributed by atoms with Crippen molar-refractivity contribution < 1.29 is 32.3 Å². The average molecular weight is 522 g/mol. The van der Waals surface area contributed by atoms with E-state index in [-0.39, 0.29) is 17.4 Å². The van der Waals surface area contributed by atoms with Gasteiger partial charge in [-0.15, -0.1) is 0 Å². The molecule has 2 heterocycles. The number of hydrogen-bond acceptors (Lipinski definition) is 6. The number of aryl methyl sites for hydroxylation is 1. The Bertz CT molecular complexity index is 1540. The summed E-state index contributed by atoms with van der Waals surface area (Å²) >= 11 is 0. The molecule has 1 fully saturated rings. The van der Waals surface area contributed by atoms with E-state index >= 15 is 0 Å². The summed E-state index contributed by atoms with van der Waals surface area (Å²) in [4.78, 5) is 30.2. The molecule has 0 spiro atoms. The van der Waals surface area contributed by atoms with Gasteiger partial charge in [0.1, 0.15) is 5.52 Å². The van der Waals surface area contributed by atoms with Gasteiger partial charge in [-0.2, -0.15) is 4.39 Å². The molecule has 5 rings (SSSR count). The van der Waals surface area contributed by atoms with Gasteiger partial charge in [0, 0.05) is 17.4 Å². The number of benzene rings is 2. The zero-order valence-corrected chi connectivity index (χ0v) is 21.0. The number of methoxy groups -OCH3 is 2. The van der Waals surface area contributed by atoms with E-state index in [0.29, 0.717) is 16.8 Å². The number of aromatic nitrogens is 1. The molecule has 2 N–H and O–H groups in total. The maximum Gasteiger partial charge on any atom is 0.287 e. The first-order valence-electron chi connectivity index (χ1n) is 12.0. The molecular weight excluding hydrogens is 496 g/mol. The molecule has 10 heteroatoms. The largest absolute Gasteiger partial charge is 0.494 e. The first-order chi connectivity index (χ1) is 18.2. The van der Waals surface area contributed by atoms with Gasteiger partial charge >= 0.3 is 0 Å². The minimum atomic E-state index is -1.13. The molecule has 2 aromatic carbocycles. The number of nitrogens with zero attached hydrogens (tertiary/aromatic N) is 1. The number of hydrogen-bond donors (Lipinski definition) is 2. The lowest BCUT2D eigenvalue weighted by Gasteiger charge is -2.43. The second-order valence-electron chi connectivity index (χ2n) is 9.16. The highest BCUT2D eigenvalue weighted by Crippen LogP contribution is 2.42. The second kappa shape index (κ2) is 9.77. The summed E-state index contributed by atoms with van der Waals surface area (Å²) in [7, 11) is 2.31. The van der Waals surface area contributed by atoms with Crippen LogP contribution in [0.1, 0.15) is 51.4 Å². The highest BCUT2D eigenvalue weighted by molar-refractivity contribution is 6.05. The van der Waals surface area contributed by atoms with Gasteiger partial charge in [-0.3, -0.25) is 9.59 Å². The molecule has 8 nitrogen and oxygen atoms in total. The number of rotatable bonds is 7. The number of ether oxygens (including phenoxy) is 2. The molecule has 0 bridgehead atoms. The molecule has 1 aliphatic carbocycles. The Morgan fingerprint density at radius 3 is 2.34 bits per heavy atom. The third-order valence-electron chi connectivity index (χ3n) is 6.79. The second-order valence-corrected chi connectivity index (χ2v) is 9.16. The van der Waals surface area contributed by atoms with Gasteiger partial charge in [0.15, 0.2) is 28.7 Å². The van der Waals surface area contributed by atoms with E-state index in [0.717, 1.165) is 43.7 Å². The molecule has 38 heavy (non-hydrogen) atoms. The summed E-state index contributed by atoms with van der Waals surface area (Å²) in [5.41, 5.74) is 2.22. The van der Waals surface area contributed by atoms with Crippen LogP contribution in [0.2, 0.25) is 0 Å². The van der Waals surface area contributed by atoms with Crippen LogP contribution in [0.5, 0.6) is 11.5 Å². The summed E-state index contributed by atoms with van der Waals surface area (Å²) in [6, 6.07) is 13.1. The smallest absolute Gasteiger partial charge is 0.287 e. The van der Waals surface area contributed by atoms with E-state index in [4.69, 9.17) is 13.9 Å². The Balaban J connectivity index is 1.33. The maximum absolute atomic E-state index is 14.7. The molecular formula is C28H25F2N3O5. The topological polar surface area (TPSA) is 103 Å². The molecule has 0 radical (unpaired) electrons. The minimum absolute atomic E-state index is 0.181. The van der Waals surface area contributed by atoms with Gasteiger partial charge in [-0.1, -0.05) is 12.1 Å². The van der Waals surface area contributed by atoms with Crippen LogP contribution in [0.25, 0.3) is 11.1 Å². The molecule has 0 atom stereocenters. The van der Waals surface area contributed by atoms with Gasteiger partial charge in [0.25, 0.3) is 11.8 Å². The molecule has 2 aromatic heterocycles. The number of carbonyl (C=O) groups excluding carboxylic acids is 2. The number of halogens is 2. The Morgan fingerprint density at radius 2 is 1.71 bits per heavy atom. The number of carbonyl (C=O) groups is 2. The fourth-order valence-electron chi connectivity index (χ4n) is 4.59. The van der Waals surface area contributed by atoms with Crippen molar-refractivity contribution in [2.45, 2.75) is 31.7 Å².